The molecule has 0 unspecified atom stereocenters. The number of hydrogen-bond donors (Lipinski definition) is 0. The molecule has 4 nitrogen and oxygen atoms in total. The van der Waals surface area contributed by atoms with Crippen LogP contribution in [0.15, 0.2) is 23.7 Å². The molecule has 0 aromatic rings. The van der Waals surface area contributed by atoms with Gasteiger partial charge in [-0.05, 0) is 23.7 Å². The Balaban J connectivity index is -0.000000192. The zero-order valence-electron chi connectivity index (χ0n) is 12.0. The number of halogens is 12. The summed E-state index contributed by atoms with van der Waals surface area (Å²) in [6, 6.07) is 0. The minimum absolute atomic E-state index is 0. The Morgan fingerprint density at radius 1 is 0.500 bits per heavy atom. The van der Waals surface area contributed by atoms with Crippen molar-refractivity contribution in [2.75, 3.05) is 0 Å². The fraction of sp³-hybridized carbons (Fsp3) is 0.400. The van der Waals surface area contributed by atoms with Crippen molar-refractivity contribution >= 4 is 11.6 Å². The van der Waals surface area contributed by atoms with Crippen molar-refractivity contribution in [1.29, 1.82) is 0 Å². The Labute approximate surface area is 166 Å². The van der Waals surface area contributed by atoms with Crippen LogP contribution in [-0.4, -0.2) is 36.3 Å². The second-order valence-corrected chi connectivity index (χ2v) is 3.74. The number of ketones is 2. The molecule has 2 radical (unpaired) electrons. The number of allylic oxidation sites excluding steroid dienone is 4. The predicted octanol–water partition coefficient (Wildman–Crippen LogP) is 1.84. The minimum Gasteiger partial charge on any atom is -0.869 e. The molecule has 0 aromatic carbocycles. The van der Waals surface area contributed by atoms with Gasteiger partial charge in [0.1, 0.15) is 0 Å². The van der Waals surface area contributed by atoms with E-state index in [-0.39, 0.29) is 33.6 Å². The van der Waals surface area contributed by atoms with Crippen LogP contribution in [0.3, 0.4) is 0 Å². The summed E-state index contributed by atoms with van der Waals surface area (Å²) in [7, 11) is 0. The fourth-order valence-electron chi connectivity index (χ4n) is 0.565. The van der Waals surface area contributed by atoms with Gasteiger partial charge < -0.3 is 10.2 Å². The Kier molecular flexibility index (Phi) is 14.1. The van der Waals surface area contributed by atoms with Crippen molar-refractivity contribution < 1.29 is 106 Å². The van der Waals surface area contributed by atoms with Crippen LogP contribution in [0.5, 0.6) is 0 Å². The second kappa shape index (κ2) is 11.6. The van der Waals surface area contributed by atoms with Gasteiger partial charge in [0.2, 0.25) is 0 Å². The van der Waals surface area contributed by atoms with E-state index in [1.54, 1.807) is 0 Å². The molecular weight excluding hydrogens is 530 g/mol. The third-order valence-corrected chi connectivity index (χ3v) is 1.64. The van der Waals surface area contributed by atoms with Crippen molar-refractivity contribution in [3.63, 3.8) is 0 Å². The van der Waals surface area contributed by atoms with Crippen molar-refractivity contribution in [3.05, 3.63) is 23.7 Å². The quantitative estimate of drug-likeness (QED) is 0.309. The van der Waals surface area contributed by atoms with Gasteiger partial charge >= 0.3 is 58.3 Å². The molecule has 0 aromatic heterocycles. The summed E-state index contributed by atoms with van der Waals surface area (Å²) in [6.45, 7) is 0. The Morgan fingerprint density at radius 2 is 0.679 bits per heavy atom. The molecule has 0 aliphatic heterocycles. The van der Waals surface area contributed by atoms with Crippen LogP contribution in [-0.2, 0) is 43.1 Å². The summed E-state index contributed by atoms with van der Waals surface area (Å²) in [4.78, 5) is 19.6. The van der Waals surface area contributed by atoms with E-state index in [0.717, 1.165) is 0 Å². The van der Waals surface area contributed by atoms with Gasteiger partial charge in [-0.2, -0.15) is 52.7 Å². The largest absolute Gasteiger partial charge is 2.00 e. The van der Waals surface area contributed by atoms with E-state index >= 15 is 0 Å². The van der Waals surface area contributed by atoms with E-state index < -0.39 is 59.9 Å². The van der Waals surface area contributed by atoms with Crippen LogP contribution >= 0.6 is 0 Å². The summed E-state index contributed by atoms with van der Waals surface area (Å²) >= 11 is 0. The summed E-state index contributed by atoms with van der Waals surface area (Å²) in [5.41, 5.74) is 0. The number of hydrogen-bond acceptors (Lipinski definition) is 4. The Morgan fingerprint density at radius 3 is 0.786 bits per heavy atom. The van der Waals surface area contributed by atoms with E-state index in [0.29, 0.717) is 0 Å². The third kappa shape index (κ3) is 14.6. The van der Waals surface area contributed by atoms with Crippen LogP contribution in [0, 0.1) is 0 Å². The first-order valence-corrected chi connectivity index (χ1v) is 5.24. The van der Waals surface area contributed by atoms with Gasteiger partial charge in [-0.3, -0.25) is 9.59 Å². The molecular formula is C10H2Co2F12O4+2. The predicted molar refractivity (Wildman–Crippen MR) is 50.4 cm³/mol. The SMILES string of the molecule is O=C(/C=C(\[O-])C(F)(F)F)C(F)(F)F.O=C(/C=C(\[O-])C(F)(F)F)C(F)(F)F.[Co+2].[Co+2]. The number of carbonyl (C=O) groups is 2. The smallest absolute Gasteiger partial charge is 0.869 e. The van der Waals surface area contributed by atoms with Gasteiger partial charge in [0.05, 0.1) is 0 Å². The molecule has 0 atom stereocenters. The van der Waals surface area contributed by atoms with Crippen molar-refractivity contribution in [3.8, 4) is 0 Å². The number of alkyl halides is 12. The molecule has 0 saturated heterocycles. The van der Waals surface area contributed by atoms with Crippen LogP contribution < -0.4 is 10.2 Å². The van der Waals surface area contributed by atoms with Gasteiger partial charge in [0.15, 0.2) is 0 Å². The maximum Gasteiger partial charge on any atom is 2.00 e. The molecule has 166 valence electrons. The van der Waals surface area contributed by atoms with E-state index in [1.807, 2.05) is 0 Å². The third-order valence-electron chi connectivity index (χ3n) is 1.64. The molecule has 0 aliphatic carbocycles. The molecule has 0 heterocycles. The molecule has 0 N–H and O–H groups in total. The molecule has 0 bridgehead atoms. The van der Waals surface area contributed by atoms with Gasteiger partial charge in [0, 0.05) is 0 Å². The van der Waals surface area contributed by atoms with Gasteiger partial charge in [-0.25, -0.2) is 0 Å². The molecule has 0 aliphatic rings. The molecule has 0 fully saturated rings. The normalized spacial score (nSPS) is 13.4. The first kappa shape index (κ1) is 34.1. The average molecular weight is 532 g/mol. The van der Waals surface area contributed by atoms with Crippen LogP contribution in [0.4, 0.5) is 52.7 Å². The maximum atomic E-state index is 11.3. The molecule has 0 spiro atoms. The van der Waals surface area contributed by atoms with Crippen LogP contribution in [0.1, 0.15) is 0 Å². The maximum absolute atomic E-state index is 11.3. The van der Waals surface area contributed by atoms with Gasteiger partial charge in [-0.1, -0.05) is 0 Å². The molecule has 0 amide bonds. The van der Waals surface area contributed by atoms with Crippen molar-refractivity contribution in [2.45, 2.75) is 24.7 Å². The zero-order valence-corrected chi connectivity index (χ0v) is 14.1. The van der Waals surface area contributed by atoms with Crippen LogP contribution in [0.2, 0.25) is 0 Å². The standard InChI is InChI=1S/2C5H2F6O2.2Co/c2*6-4(7,8)2(12)1-3(13)5(9,10)11;;/h2*1,12H;;/q;;2*+2/p-2/b2*2-1-;;. The summed E-state index contributed by atoms with van der Waals surface area (Å²) in [5.74, 6) is -11.3. The molecule has 0 saturated carbocycles. The monoisotopic (exact) mass is 532 g/mol. The topological polar surface area (TPSA) is 80.3 Å². The van der Waals surface area contributed by atoms with Gasteiger partial charge in [-0.15, -0.1) is 0 Å². The first-order chi connectivity index (χ1) is 11.1. The molecule has 18 heteroatoms. The number of carbonyl (C=O) groups excluding carboxylic acids is 2. The van der Waals surface area contributed by atoms with E-state index in [1.165, 1.54) is 0 Å². The number of rotatable bonds is 2. The zero-order chi connectivity index (χ0) is 21.7. The van der Waals surface area contributed by atoms with Crippen LogP contribution in [0.25, 0.3) is 0 Å². The summed E-state index contributed by atoms with van der Waals surface area (Å²) in [5, 5.41) is 19.6. The molecule has 28 heavy (non-hydrogen) atoms. The van der Waals surface area contributed by atoms with E-state index in [9.17, 15) is 72.5 Å². The Hall–Kier alpha value is -1.41. The van der Waals surface area contributed by atoms with E-state index in [2.05, 4.69) is 0 Å². The first-order valence-electron chi connectivity index (χ1n) is 5.24. The summed E-state index contributed by atoms with van der Waals surface area (Å²) in [6.07, 6.45) is -23.9. The van der Waals surface area contributed by atoms with E-state index in [4.69, 9.17) is 0 Å². The average Bonchev–Trinajstić information content (AvgIpc) is 2.34. The second-order valence-electron chi connectivity index (χ2n) is 3.74. The summed E-state index contributed by atoms with van der Waals surface area (Å²) < 4.78 is 136. The van der Waals surface area contributed by atoms with Crippen molar-refractivity contribution in [2.24, 2.45) is 0 Å². The minimum atomic E-state index is -5.46. The Bertz CT molecular complexity index is 531. The van der Waals surface area contributed by atoms with Crippen molar-refractivity contribution in [1.82, 2.24) is 0 Å². The fourth-order valence-corrected chi connectivity index (χ4v) is 0.565. The molecule has 0 rings (SSSR count). The van der Waals surface area contributed by atoms with Gasteiger partial charge in [0.25, 0.3) is 11.6 Å².